The van der Waals surface area contributed by atoms with Gasteiger partial charge in [0.05, 0.1) is 19.8 Å². The molecule has 0 heterocycles. The molecule has 0 aliphatic rings. The lowest BCUT2D eigenvalue weighted by Crippen LogP contribution is -2.40. The van der Waals surface area contributed by atoms with Gasteiger partial charge < -0.3 is 25.2 Å². The molecule has 4 N–H and O–H groups in total. The molecule has 0 amide bonds. The van der Waals surface area contributed by atoms with Gasteiger partial charge in [0, 0.05) is 12.8 Å². The molecule has 0 spiro atoms. The lowest BCUT2D eigenvalue weighted by Gasteiger charge is -2.20. The lowest BCUT2D eigenvalue weighted by molar-refractivity contribution is -0.163. The van der Waals surface area contributed by atoms with Crippen molar-refractivity contribution >= 4 is 11.8 Å². The second-order valence-corrected chi connectivity index (χ2v) is 11.1. The number of aliphatic hydroxyl groups excluding tert-OH is 4. The van der Waals surface area contributed by atoms with Gasteiger partial charge in [-0.1, -0.05) is 142 Å². The van der Waals surface area contributed by atoms with Crippen molar-refractivity contribution in [2.24, 2.45) is 0 Å². The maximum absolute atomic E-state index is 12.6. The fourth-order valence-electron chi connectivity index (χ4n) is 4.69. The monoisotopic (exact) mass is 574 g/mol. The van der Waals surface area contributed by atoms with E-state index < -0.39 is 24.8 Å². The molecule has 0 aromatic carbocycles. The number of ketones is 1. The largest absolute Gasteiger partial charge is 0.451 e. The van der Waals surface area contributed by atoms with Crippen LogP contribution in [0, 0.1) is 0 Å². The normalized spacial score (nSPS) is 12.4. The van der Waals surface area contributed by atoms with Crippen LogP contribution in [0.15, 0.2) is 0 Å². The van der Waals surface area contributed by atoms with Crippen molar-refractivity contribution in [3.63, 3.8) is 0 Å². The van der Waals surface area contributed by atoms with E-state index in [2.05, 4.69) is 13.8 Å². The van der Waals surface area contributed by atoms with Gasteiger partial charge in [-0.15, -0.1) is 0 Å². The molecule has 40 heavy (non-hydrogen) atoms. The molecule has 0 aromatic heterocycles. The van der Waals surface area contributed by atoms with Crippen LogP contribution in [0.1, 0.15) is 168 Å². The lowest BCUT2D eigenvalue weighted by atomic mass is 10.0. The first-order chi connectivity index (χ1) is 19.5. The van der Waals surface area contributed by atoms with Gasteiger partial charge in [0.2, 0.25) is 0 Å². The molecule has 0 aliphatic heterocycles. The first-order valence-corrected chi connectivity index (χ1v) is 16.7. The third-order valence-corrected chi connectivity index (χ3v) is 7.22. The molecule has 0 rings (SSSR count). The summed E-state index contributed by atoms with van der Waals surface area (Å²) in [6.07, 6.45) is 24.4. The summed E-state index contributed by atoms with van der Waals surface area (Å²) in [6.45, 7) is 3.64. The minimum absolute atomic E-state index is 0.125. The molecule has 2 unspecified atom stereocenters. The van der Waals surface area contributed by atoms with Crippen LogP contribution in [0.5, 0.6) is 0 Å². The first-order valence-electron chi connectivity index (χ1n) is 16.7. The van der Waals surface area contributed by atoms with E-state index in [0.717, 1.165) is 38.5 Å². The highest BCUT2D eigenvalue weighted by atomic mass is 16.6. The summed E-state index contributed by atoms with van der Waals surface area (Å²) < 4.78 is 5.31. The van der Waals surface area contributed by atoms with Crippen molar-refractivity contribution < 1.29 is 34.8 Å². The molecule has 240 valence electrons. The zero-order valence-corrected chi connectivity index (χ0v) is 26.3. The molecule has 2 atom stereocenters. The number of carbonyl (C=O) groups excluding carboxylic acids is 2. The fourth-order valence-corrected chi connectivity index (χ4v) is 4.69. The smallest absolute Gasteiger partial charge is 0.306 e. The van der Waals surface area contributed by atoms with E-state index in [4.69, 9.17) is 14.9 Å². The topological polar surface area (TPSA) is 124 Å². The van der Waals surface area contributed by atoms with Crippen LogP contribution >= 0.6 is 0 Å². The summed E-state index contributed by atoms with van der Waals surface area (Å²) >= 11 is 0. The Morgan fingerprint density at radius 2 is 0.850 bits per heavy atom. The molecule has 0 aromatic rings. The maximum Gasteiger partial charge on any atom is 0.306 e. The van der Waals surface area contributed by atoms with E-state index in [1.54, 1.807) is 0 Å². The van der Waals surface area contributed by atoms with Crippen molar-refractivity contribution in [3.8, 4) is 0 Å². The molecule has 0 radical (unpaired) electrons. The average molecular weight is 575 g/mol. The summed E-state index contributed by atoms with van der Waals surface area (Å²) in [4.78, 5) is 24.8. The Balaban J connectivity index is 0. The highest BCUT2D eigenvalue weighted by Crippen LogP contribution is 2.15. The van der Waals surface area contributed by atoms with E-state index >= 15 is 0 Å². The average Bonchev–Trinajstić information content (AvgIpc) is 2.97. The van der Waals surface area contributed by atoms with Gasteiger partial charge in [-0.25, -0.2) is 0 Å². The van der Waals surface area contributed by atoms with Crippen LogP contribution in [0.4, 0.5) is 0 Å². The van der Waals surface area contributed by atoms with Crippen LogP contribution in [-0.4, -0.2) is 64.2 Å². The highest BCUT2D eigenvalue weighted by Gasteiger charge is 2.29. The SMILES string of the molecule is CCCCCCCCCCCCCC(=O)OC(C(=O)CCCCCCCCCCCCC)C(O)CO.OCCO. The second kappa shape index (κ2) is 34.2. The van der Waals surface area contributed by atoms with Gasteiger partial charge in [0.25, 0.3) is 0 Å². The number of hydrogen-bond acceptors (Lipinski definition) is 7. The van der Waals surface area contributed by atoms with Gasteiger partial charge in [0.15, 0.2) is 11.9 Å². The molecule has 7 nitrogen and oxygen atoms in total. The van der Waals surface area contributed by atoms with Crippen LogP contribution in [0.3, 0.4) is 0 Å². The summed E-state index contributed by atoms with van der Waals surface area (Å²) in [7, 11) is 0. The zero-order valence-electron chi connectivity index (χ0n) is 26.3. The van der Waals surface area contributed by atoms with Crippen molar-refractivity contribution in [2.45, 2.75) is 180 Å². The molecular formula is C33H66O7. The predicted molar refractivity (Wildman–Crippen MR) is 164 cm³/mol. The van der Waals surface area contributed by atoms with E-state index in [1.807, 2.05) is 0 Å². The van der Waals surface area contributed by atoms with E-state index in [-0.39, 0.29) is 31.8 Å². The summed E-state index contributed by atoms with van der Waals surface area (Å²) in [5.41, 5.74) is 0. The highest BCUT2D eigenvalue weighted by molar-refractivity contribution is 5.86. The van der Waals surface area contributed by atoms with Gasteiger partial charge in [-0.2, -0.15) is 0 Å². The van der Waals surface area contributed by atoms with Crippen molar-refractivity contribution in [3.05, 3.63) is 0 Å². The Kier molecular flexibility index (Phi) is 35.1. The molecule has 0 saturated carbocycles. The second-order valence-electron chi connectivity index (χ2n) is 11.1. The maximum atomic E-state index is 12.6. The number of esters is 1. The van der Waals surface area contributed by atoms with Crippen molar-refractivity contribution in [1.82, 2.24) is 0 Å². The molecule has 0 fully saturated rings. The molecule has 0 aliphatic carbocycles. The number of rotatable bonds is 29. The zero-order chi connectivity index (χ0) is 30.1. The number of hydrogen-bond donors (Lipinski definition) is 4. The quantitative estimate of drug-likeness (QED) is 0.0550. The Morgan fingerprint density at radius 3 is 1.18 bits per heavy atom. The molecule has 7 heteroatoms. The van der Waals surface area contributed by atoms with Crippen LogP contribution in [0.2, 0.25) is 0 Å². The predicted octanol–water partition coefficient (Wildman–Crippen LogP) is 7.19. The number of unbranched alkanes of at least 4 members (excludes halogenated alkanes) is 20. The third-order valence-electron chi connectivity index (χ3n) is 7.22. The van der Waals surface area contributed by atoms with E-state index in [1.165, 1.54) is 103 Å². The van der Waals surface area contributed by atoms with Gasteiger partial charge in [-0.3, -0.25) is 9.59 Å². The summed E-state index contributed by atoms with van der Waals surface area (Å²) in [5.74, 6) is -0.726. The number of aliphatic hydroxyl groups is 4. The molecular weight excluding hydrogens is 508 g/mol. The minimum Gasteiger partial charge on any atom is -0.451 e. The fraction of sp³-hybridized carbons (Fsp3) is 0.939. The standard InChI is InChI=1S/C31H60O5.C2H6O2/c1-3-5-7-9-11-13-15-17-19-21-23-25-28(33)31(29(34)27-32)36-30(35)26-24-22-20-18-16-14-12-10-8-6-4-2;3-1-2-4/h29,31-32,34H,3-27H2,1-2H3;3-4H,1-2H2. The summed E-state index contributed by atoms with van der Waals surface area (Å²) in [5, 5.41) is 34.6. The Labute approximate surface area is 246 Å². The van der Waals surface area contributed by atoms with Gasteiger partial charge >= 0.3 is 5.97 Å². The Bertz CT molecular complexity index is 525. The number of ether oxygens (including phenoxy) is 1. The Hall–Kier alpha value is -1.02. The van der Waals surface area contributed by atoms with Crippen LogP contribution < -0.4 is 0 Å². The van der Waals surface area contributed by atoms with Gasteiger partial charge in [-0.05, 0) is 12.8 Å². The number of carbonyl (C=O) groups is 2. The van der Waals surface area contributed by atoms with Crippen molar-refractivity contribution in [1.29, 1.82) is 0 Å². The molecule has 0 bridgehead atoms. The molecule has 0 saturated heterocycles. The number of Topliss-reactive ketones (excluding diaryl/α,β-unsaturated/α-hetero) is 1. The summed E-state index contributed by atoms with van der Waals surface area (Å²) in [6, 6.07) is 0. The van der Waals surface area contributed by atoms with E-state index in [0.29, 0.717) is 0 Å². The third kappa shape index (κ3) is 30.0. The van der Waals surface area contributed by atoms with Crippen LogP contribution in [-0.2, 0) is 14.3 Å². The van der Waals surface area contributed by atoms with Crippen LogP contribution in [0.25, 0.3) is 0 Å². The van der Waals surface area contributed by atoms with Gasteiger partial charge in [0.1, 0.15) is 6.10 Å². The van der Waals surface area contributed by atoms with E-state index in [9.17, 15) is 19.8 Å². The first kappa shape index (κ1) is 41.1. The van der Waals surface area contributed by atoms with Crippen molar-refractivity contribution in [2.75, 3.05) is 19.8 Å². The minimum atomic E-state index is -1.34. The Morgan fingerprint density at radius 1 is 0.525 bits per heavy atom.